The Kier molecular flexibility index (Phi) is 6.13. The average Bonchev–Trinajstić information content (AvgIpc) is 2.10. The van der Waals surface area contributed by atoms with Gasteiger partial charge in [0.05, 0.1) is 0 Å². The van der Waals surface area contributed by atoms with E-state index in [4.69, 9.17) is 0 Å². The molecule has 0 aromatic rings. The summed E-state index contributed by atoms with van der Waals surface area (Å²) in [6.07, 6.45) is -20.0. The topological polar surface area (TPSA) is 0 Å². The molecule has 0 atom stereocenters. The fourth-order valence-corrected chi connectivity index (χ4v) is 0.553. The average molecular weight is 376 g/mol. The van der Waals surface area contributed by atoms with E-state index in [1.165, 1.54) is 0 Å². The van der Waals surface area contributed by atoms with Gasteiger partial charge in [-0.1, -0.05) is 0 Å². The molecule has 0 amide bonds. The van der Waals surface area contributed by atoms with Gasteiger partial charge in [0.2, 0.25) is 0 Å². The molecule has 16 heteroatoms. The largest absolute Gasteiger partial charge is 0.559 e. The van der Waals surface area contributed by atoms with Crippen molar-refractivity contribution in [3.8, 4) is 0 Å². The van der Waals surface area contributed by atoms with Gasteiger partial charge in [-0.2, -0.15) is 52.7 Å². The van der Waals surface area contributed by atoms with Crippen molar-refractivity contribution in [1.82, 2.24) is 0 Å². The van der Waals surface area contributed by atoms with Gasteiger partial charge in [0, 0.05) is 0 Å². The first-order valence-electron chi connectivity index (χ1n) is 4.02. The summed E-state index contributed by atoms with van der Waals surface area (Å²) in [7, 11) is 0. The third-order valence-electron chi connectivity index (χ3n) is 1.50. The van der Waals surface area contributed by atoms with Crippen molar-refractivity contribution in [3.63, 3.8) is 0 Å². The van der Waals surface area contributed by atoms with Crippen LogP contribution in [0.2, 0.25) is 0 Å². The van der Waals surface area contributed by atoms with Gasteiger partial charge in [0.25, 0.3) is 0 Å². The minimum atomic E-state index is -7.66. The van der Waals surface area contributed by atoms with Gasteiger partial charge < -0.3 is 0 Å². The Balaban J connectivity index is 0. The molecule has 136 valence electrons. The number of hydrogen-bond acceptors (Lipinski definition) is 0. The third-order valence-corrected chi connectivity index (χ3v) is 1.50. The van der Waals surface area contributed by atoms with Gasteiger partial charge in [0.15, 0.2) is 0 Å². The molecule has 0 unspecified atom stereocenters. The van der Waals surface area contributed by atoms with Crippen molar-refractivity contribution in [2.45, 2.75) is 36.6 Å². The lowest BCUT2D eigenvalue weighted by Gasteiger charge is -2.34. The lowest BCUT2D eigenvalue weighted by Crippen LogP contribution is -2.65. The van der Waals surface area contributed by atoms with E-state index in [1.807, 2.05) is 0 Å². The summed E-state index contributed by atoms with van der Waals surface area (Å²) >= 11 is 0. The molecule has 0 fully saturated rings. The Morgan fingerprint density at radius 3 is 0.500 bits per heavy atom. The van der Waals surface area contributed by atoms with Crippen LogP contribution in [0.15, 0.2) is 0 Å². The summed E-state index contributed by atoms with van der Waals surface area (Å²) in [6.45, 7) is 0. The second-order valence-corrected chi connectivity index (χ2v) is 3.15. The van der Waals surface area contributed by atoms with Crippen molar-refractivity contribution >= 4 is 0 Å². The fraction of sp³-hybridized carbons (Fsp3) is 1.00. The van der Waals surface area contributed by atoms with Crippen molar-refractivity contribution in [2.24, 2.45) is 0 Å². The number of hydrogen-bond donors (Lipinski definition) is 0. The lowest BCUT2D eigenvalue weighted by molar-refractivity contribution is -0.438. The van der Waals surface area contributed by atoms with Crippen LogP contribution in [0.5, 0.6) is 0 Å². The molecule has 0 aliphatic heterocycles. The maximum atomic E-state index is 12.0. The second kappa shape index (κ2) is 5.82. The molecule has 0 aromatic heterocycles. The Hall–Kier alpha value is -1.12. The van der Waals surface area contributed by atoms with E-state index in [-0.39, 0.29) is 0 Å². The summed E-state index contributed by atoms with van der Waals surface area (Å²) in [5.41, 5.74) is 0. The highest BCUT2D eigenvalue weighted by Gasteiger charge is 2.88. The predicted octanol–water partition coefficient (Wildman–Crippen LogP) is 5.49. The summed E-state index contributed by atoms with van der Waals surface area (Å²) in [6, 6.07) is 0. The quantitative estimate of drug-likeness (QED) is 0.559. The van der Waals surface area contributed by atoms with Gasteiger partial charge in [-0.15, -0.1) is 17.6 Å². The summed E-state index contributed by atoms with van der Waals surface area (Å²) in [5.74, 6) is -22.7. The van der Waals surface area contributed by atoms with Crippen LogP contribution in [0.25, 0.3) is 0 Å². The number of halogens is 16. The zero-order valence-corrected chi connectivity index (χ0v) is 9.05. The maximum absolute atomic E-state index is 12.0. The first-order chi connectivity index (χ1) is 9.00. The third kappa shape index (κ3) is 4.96. The zero-order valence-electron chi connectivity index (χ0n) is 9.05. The molecule has 0 heterocycles. The van der Waals surface area contributed by atoms with E-state index in [1.54, 1.807) is 0 Å². The smallest absolute Gasteiger partial charge is 0.192 e. The molecule has 0 bridgehead atoms. The highest BCUT2D eigenvalue weighted by molar-refractivity contribution is 5.03. The molecule has 0 aliphatic carbocycles. The maximum Gasteiger partial charge on any atom is 0.559 e. The van der Waals surface area contributed by atoms with Crippen LogP contribution in [0.3, 0.4) is 0 Å². The van der Waals surface area contributed by atoms with Crippen LogP contribution in [0, 0.1) is 0 Å². The zero-order chi connectivity index (χ0) is 19.0. The van der Waals surface area contributed by atoms with E-state index in [0.29, 0.717) is 0 Å². The monoisotopic (exact) mass is 376 g/mol. The molecule has 22 heavy (non-hydrogen) atoms. The Morgan fingerprint density at radius 2 is 0.409 bits per heavy atom. The van der Waals surface area contributed by atoms with Crippen LogP contribution in [0.4, 0.5) is 70.2 Å². The summed E-state index contributed by atoms with van der Waals surface area (Å²) in [5, 5.41) is 0. The molecule has 0 saturated heterocycles. The summed E-state index contributed by atoms with van der Waals surface area (Å²) < 4.78 is 178. The van der Waals surface area contributed by atoms with E-state index >= 15 is 0 Å². The minimum Gasteiger partial charge on any atom is -0.192 e. The highest BCUT2D eigenvalue weighted by Crippen LogP contribution is 2.57. The minimum absolute atomic E-state index is 5.50. The standard InChI is InChI=1S/C5F12.CF4/c6-1(7,2(8,9)4(12,13)14)3(10,11)5(15,16)17;2-1(3,4)5. The molecular formula is C6F16. The first-order valence-corrected chi connectivity index (χ1v) is 4.02. The van der Waals surface area contributed by atoms with Crippen LogP contribution < -0.4 is 0 Å². The molecule has 0 N–H and O–H groups in total. The first kappa shape index (κ1) is 23.2. The van der Waals surface area contributed by atoms with Crippen molar-refractivity contribution in [2.75, 3.05) is 0 Å². The molecular weight excluding hydrogens is 376 g/mol. The molecule has 0 rings (SSSR count). The number of alkyl halides is 16. The van der Waals surface area contributed by atoms with Crippen LogP contribution >= 0.6 is 0 Å². The predicted molar refractivity (Wildman–Crippen MR) is 34.1 cm³/mol. The van der Waals surface area contributed by atoms with Gasteiger partial charge in [-0.05, 0) is 0 Å². The molecule has 0 aliphatic rings. The van der Waals surface area contributed by atoms with Crippen molar-refractivity contribution < 1.29 is 70.2 Å². The second-order valence-electron chi connectivity index (χ2n) is 3.15. The molecule has 0 saturated carbocycles. The normalized spacial score (nSPS) is 15.3. The van der Waals surface area contributed by atoms with Crippen LogP contribution in [-0.4, -0.2) is 36.6 Å². The van der Waals surface area contributed by atoms with Crippen molar-refractivity contribution in [3.05, 3.63) is 0 Å². The van der Waals surface area contributed by atoms with Crippen LogP contribution in [-0.2, 0) is 0 Å². The van der Waals surface area contributed by atoms with Crippen LogP contribution in [0.1, 0.15) is 0 Å². The highest BCUT2D eigenvalue weighted by atomic mass is 19.5. The fourth-order valence-electron chi connectivity index (χ4n) is 0.553. The number of rotatable bonds is 2. The van der Waals surface area contributed by atoms with E-state index in [0.717, 1.165) is 0 Å². The molecule has 0 spiro atoms. The van der Waals surface area contributed by atoms with Gasteiger partial charge in [-0.25, -0.2) is 0 Å². The van der Waals surface area contributed by atoms with Gasteiger partial charge >= 0.3 is 36.6 Å². The van der Waals surface area contributed by atoms with E-state index in [9.17, 15) is 70.2 Å². The van der Waals surface area contributed by atoms with Gasteiger partial charge in [0.1, 0.15) is 0 Å². The Labute approximate surface area is 108 Å². The molecule has 0 nitrogen and oxygen atoms in total. The Morgan fingerprint density at radius 1 is 0.273 bits per heavy atom. The van der Waals surface area contributed by atoms with E-state index < -0.39 is 36.6 Å². The SMILES string of the molecule is FC(F)(F)C(F)(F)C(F)(F)C(F)(F)C(F)(F)F.FC(F)(F)F. The molecule has 0 radical (unpaired) electrons. The lowest BCUT2D eigenvalue weighted by atomic mass is 10.0. The van der Waals surface area contributed by atoms with Crippen molar-refractivity contribution in [1.29, 1.82) is 0 Å². The molecule has 0 aromatic carbocycles. The summed E-state index contributed by atoms with van der Waals surface area (Å²) in [4.78, 5) is 0. The van der Waals surface area contributed by atoms with E-state index in [2.05, 4.69) is 0 Å². The Bertz CT molecular complexity index is 316. The van der Waals surface area contributed by atoms with Gasteiger partial charge in [-0.3, -0.25) is 0 Å².